The van der Waals surface area contributed by atoms with Crippen LogP contribution >= 0.6 is 39.5 Å². The van der Waals surface area contributed by atoms with Crippen molar-refractivity contribution in [2.75, 3.05) is 17.3 Å². The predicted molar refractivity (Wildman–Crippen MR) is 141 cm³/mol. The zero-order valence-corrected chi connectivity index (χ0v) is 22.0. The van der Waals surface area contributed by atoms with Crippen LogP contribution in [0.2, 0.25) is 0 Å². The Morgan fingerprint density at radius 3 is 2.64 bits per heavy atom. The molecule has 0 bridgehead atoms. The van der Waals surface area contributed by atoms with E-state index in [9.17, 15) is 4.79 Å². The average molecular weight is 546 g/mol. The number of ether oxygens (including phenoxy) is 1. The highest BCUT2D eigenvalue weighted by Gasteiger charge is 2.41. The average Bonchev–Trinajstić information content (AvgIpc) is 3.36. The smallest absolute Gasteiger partial charge is 0.229 e. The highest BCUT2D eigenvalue weighted by Crippen LogP contribution is 2.45. The SMILES string of the molecule is COc1cc(N2C(=S)N[C@H](c3ccccn3)[C@H]2c2ccc(Br)s2)ccc1NC(=O)C(C)(C)C. The second-order valence-electron chi connectivity index (χ2n) is 8.73. The highest BCUT2D eigenvalue weighted by atomic mass is 79.9. The van der Waals surface area contributed by atoms with Crippen LogP contribution in [0.5, 0.6) is 5.75 Å². The zero-order chi connectivity index (χ0) is 23.8. The van der Waals surface area contributed by atoms with Crippen molar-refractivity contribution in [1.29, 1.82) is 0 Å². The Kier molecular flexibility index (Phi) is 6.74. The number of hydrogen-bond donors (Lipinski definition) is 2. The minimum Gasteiger partial charge on any atom is -0.494 e. The lowest BCUT2D eigenvalue weighted by atomic mass is 9.95. The molecule has 2 atom stereocenters. The van der Waals surface area contributed by atoms with E-state index in [2.05, 4.69) is 42.5 Å². The Hall–Kier alpha value is -2.49. The fourth-order valence-electron chi connectivity index (χ4n) is 3.65. The third-order valence-electron chi connectivity index (χ3n) is 5.38. The molecular formula is C24H25BrN4O2S2. The highest BCUT2D eigenvalue weighted by molar-refractivity contribution is 9.11. The first-order valence-corrected chi connectivity index (χ1v) is 12.5. The number of amides is 1. The van der Waals surface area contributed by atoms with E-state index >= 15 is 0 Å². The summed E-state index contributed by atoms with van der Waals surface area (Å²) in [7, 11) is 1.59. The Labute approximate surface area is 211 Å². The van der Waals surface area contributed by atoms with Gasteiger partial charge >= 0.3 is 0 Å². The molecule has 2 aromatic heterocycles. The van der Waals surface area contributed by atoms with Gasteiger partial charge in [-0.2, -0.15) is 0 Å². The van der Waals surface area contributed by atoms with E-state index in [0.29, 0.717) is 16.5 Å². The summed E-state index contributed by atoms with van der Waals surface area (Å²) in [6.07, 6.45) is 1.79. The molecule has 3 heterocycles. The first-order valence-electron chi connectivity index (χ1n) is 10.4. The number of rotatable bonds is 5. The fraction of sp³-hybridized carbons (Fsp3) is 0.292. The van der Waals surface area contributed by atoms with Crippen LogP contribution in [0.15, 0.2) is 58.5 Å². The third-order valence-corrected chi connectivity index (χ3v) is 7.39. The number of nitrogens with zero attached hydrogens (tertiary/aromatic N) is 2. The van der Waals surface area contributed by atoms with E-state index in [1.54, 1.807) is 24.6 Å². The Bertz CT molecular complexity index is 1180. The molecule has 1 fully saturated rings. The number of anilines is 2. The van der Waals surface area contributed by atoms with Crippen molar-refractivity contribution in [2.45, 2.75) is 32.9 Å². The molecule has 0 saturated carbocycles. The summed E-state index contributed by atoms with van der Waals surface area (Å²) < 4.78 is 6.68. The largest absolute Gasteiger partial charge is 0.494 e. The molecule has 2 N–H and O–H groups in total. The molecule has 1 aliphatic heterocycles. The molecule has 0 unspecified atom stereocenters. The lowest BCUT2D eigenvalue weighted by Gasteiger charge is -2.27. The van der Waals surface area contributed by atoms with Gasteiger partial charge in [0.15, 0.2) is 5.11 Å². The molecule has 4 rings (SSSR count). The minimum atomic E-state index is -0.516. The van der Waals surface area contributed by atoms with Gasteiger partial charge in [0.2, 0.25) is 5.91 Å². The lowest BCUT2D eigenvalue weighted by molar-refractivity contribution is -0.123. The first-order chi connectivity index (χ1) is 15.7. The Morgan fingerprint density at radius 2 is 2.03 bits per heavy atom. The number of carbonyl (C=O) groups is 1. The van der Waals surface area contributed by atoms with Gasteiger partial charge in [0.25, 0.3) is 0 Å². The summed E-state index contributed by atoms with van der Waals surface area (Å²) in [4.78, 5) is 20.3. The topological polar surface area (TPSA) is 66.5 Å². The van der Waals surface area contributed by atoms with Crippen LogP contribution in [0.4, 0.5) is 11.4 Å². The van der Waals surface area contributed by atoms with Gasteiger partial charge in [-0.25, -0.2) is 0 Å². The monoisotopic (exact) mass is 544 g/mol. The number of benzene rings is 1. The van der Waals surface area contributed by atoms with E-state index in [1.807, 2.05) is 63.2 Å². The minimum absolute atomic E-state index is 0.0801. The van der Waals surface area contributed by atoms with E-state index in [-0.39, 0.29) is 18.0 Å². The van der Waals surface area contributed by atoms with Crippen LogP contribution in [0.25, 0.3) is 0 Å². The lowest BCUT2D eigenvalue weighted by Crippen LogP contribution is -2.29. The van der Waals surface area contributed by atoms with Crippen LogP contribution in [-0.4, -0.2) is 23.1 Å². The number of thiophene rings is 1. The van der Waals surface area contributed by atoms with Crippen molar-refractivity contribution in [3.05, 3.63) is 69.1 Å². The van der Waals surface area contributed by atoms with E-state index in [0.717, 1.165) is 20.0 Å². The van der Waals surface area contributed by atoms with Gasteiger partial charge in [0, 0.05) is 28.2 Å². The van der Waals surface area contributed by atoms with Gasteiger partial charge < -0.3 is 20.3 Å². The quantitative estimate of drug-likeness (QED) is 0.379. The summed E-state index contributed by atoms with van der Waals surface area (Å²) in [5, 5.41) is 7.03. The second-order valence-corrected chi connectivity index (χ2v) is 11.6. The fourth-order valence-corrected chi connectivity index (χ4v) is 5.55. The predicted octanol–water partition coefficient (Wildman–Crippen LogP) is 6.08. The van der Waals surface area contributed by atoms with Gasteiger partial charge in [-0.05, 0) is 64.5 Å². The van der Waals surface area contributed by atoms with Crippen molar-refractivity contribution in [3.63, 3.8) is 0 Å². The maximum atomic E-state index is 12.5. The molecule has 3 aromatic rings. The number of carbonyl (C=O) groups excluding carboxylic acids is 1. The van der Waals surface area contributed by atoms with Gasteiger partial charge in [-0.3, -0.25) is 9.78 Å². The Balaban J connectivity index is 1.74. The van der Waals surface area contributed by atoms with Crippen molar-refractivity contribution in [2.24, 2.45) is 5.41 Å². The number of halogens is 1. The molecule has 0 radical (unpaired) electrons. The molecule has 0 aliphatic carbocycles. The summed E-state index contributed by atoms with van der Waals surface area (Å²) in [5.74, 6) is 0.490. The molecule has 9 heteroatoms. The van der Waals surface area contributed by atoms with E-state index in [1.165, 1.54) is 0 Å². The second kappa shape index (κ2) is 9.40. The molecular weight excluding hydrogens is 520 g/mol. The van der Waals surface area contributed by atoms with E-state index in [4.69, 9.17) is 17.0 Å². The van der Waals surface area contributed by atoms with Crippen LogP contribution in [-0.2, 0) is 4.79 Å². The third kappa shape index (κ3) is 4.90. The van der Waals surface area contributed by atoms with Crippen LogP contribution in [0.3, 0.4) is 0 Å². The first kappa shape index (κ1) is 23.7. The zero-order valence-electron chi connectivity index (χ0n) is 18.8. The standard InChI is InChI=1S/C24H25BrN4O2S2/c1-24(2,3)22(30)27-15-9-8-14(13-17(15)31-4)29-21(18-10-11-19(25)33-18)20(28-23(29)32)16-7-5-6-12-26-16/h5-13,20-21H,1-4H3,(H,27,30)(H,28,32)/t20-,21-/m1/s1. The van der Waals surface area contributed by atoms with Gasteiger partial charge in [-0.1, -0.05) is 26.8 Å². The summed E-state index contributed by atoms with van der Waals surface area (Å²) >= 11 is 11.0. The number of thiocarbonyl (C=S) groups is 1. The number of methoxy groups -OCH3 is 1. The van der Waals surface area contributed by atoms with Crippen LogP contribution in [0.1, 0.15) is 43.4 Å². The van der Waals surface area contributed by atoms with Crippen LogP contribution in [0, 0.1) is 5.41 Å². The summed E-state index contributed by atoms with van der Waals surface area (Å²) in [5.41, 5.74) is 1.89. The van der Waals surface area contributed by atoms with E-state index < -0.39 is 5.41 Å². The van der Waals surface area contributed by atoms with Crippen molar-refractivity contribution >= 4 is 61.9 Å². The molecule has 172 valence electrons. The number of aromatic nitrogens is 1. The maximum absolute atomic E-state index is 12.5. The molecule has 6 nitrogen and oxygen atoms in total. The number of nitrogens with one attached hydrogen (secondary N) is 2. The normalized spacial score (nSPS) is 18.2. The van der Waals surface area contributed by atoms with Crippen molar-refractivity contribution < 1.29 is 9.53 Å². The Morgan fingerprint density at radius 1 is 1.24 bits per heavy atom. The molecule has 1 amide bonds. The van der Waals surface area contributed by atoms with Gasteiger partial charge in [0.1, 0.15) is 5.75 Å². The number of pyridine rings is 1. The molecule has 0 spiro atoms. The van der Waals surface area contributed by atoms with Crippen molar-refractivity contribution in [1.82, 2.24) is 10.3 Å². The van der Waals surface area contributed by atoms with Crippen LogP contribution < -0.4 is 20.3 Å². The summed E-state index contributed by atoms with van der Waals surface area (Å²) in [6.45, 7) is 5.62. The maximum Gasteiger partial charge on any atom is 0.229 e. The molecule has 1 saturated heterocycles. The van der Waals surface area contributed by atoms with Crippen molar-refractivity contribution in [3.8, 4) is 5.75 Å². The van der Waals surface area contributed by atoms with Gasteiger partial charge in [-0.15, -0.1) is 11.3 Å². The summed E-state index contributed by atoms with van der Waals surface area (Å²) in [6, 6.07) is 15.5. The molecule has 33 heavy (non-hydrogen) atoms. The molecule has 1 aliphatic rings. The number of hydrogen-bond acceptors (Lipinski definition) is 5. The molecule has 1 aromatic carbocycles. The van der Waals surface area contributed by atoms with Gasteiger partial charge in [0.05, 0.1) is 34.4 Å².